The van der Waals surface area contributed by atoms with Gasteiger partial charge in [0.1, 0.15) is 10.3 Å². The quantitative estimate of drug-likeness (QED) is 0.558. The molecule has 2 aliphatic rings. The number of halogens is 2. The van der Waals surface area contributed by atoms with Crippen molar-refractivity contribution >= 4 is 35.4 Å². The van der Waals surface area contributed by atoms with Gasteiger partial charge in [-0.2, -0.15) is 0 Å². The predicted molar refractivity (Wildman–Crippen MR) is 104 cm³/mol. The highest BCUT2D eigenvalue weighted by Gasteiger charge is 2.29. The first kappa shape index (κ1) is 17.7. The maximum Gasteiger partial charge on any atom is 0.142 e. The Bertz CT molecular complexity index is 725. The normalized spacial score (nSPS) is 23.2. The van der Waals surface area contributed by atoms with Crippen molar-refractivity contribution in [1.29, 1.82) is 0 Å². The lowest BCUT2D eigenvalue weighted by Gasteiger charge is -2.29. The van der Waals surface area contributed by atoms with Crippen LogP contribution in [0.2, 0.25) is 0 Å². The molecule has 3 rings (SSSR count). The highest BCUT2D eigenvalue weighted by molar-refractivity contribution is 6.38. The van der Waals surface area contributed by atoms with Crippen LogP contribution in [0.1, 0.15) is 33.1 Å². The molecule has 2 atom stereocenters. The highest BCUT2D eigenvalue weighted by atomic mass is 35.5. The Morgan fingerprint density at radius 2 is 1.67 bits per heavy atom. The van der Waals surface area contributed by atoms with Crippen molar-refractivity contribution in [2.45, 2.75) is 33.1 Å². The van der Waals surface area contributed by atoms with E-state index in [9.17, 15) is 0 Å². The number of hydrogen-bond donors (Lipinski definition) is 0. The van der Waals surface area contributed by atoms with Crippen LogP contribution in [0.15, 0.2) is 34.6 Å². The van der Waals surface area contributed by atoms with Crippen molar-refractivity contribution in [2.75, 3.05) is 19.8 Å². The Morgan fingerprint density at radius 3 is 2.38 bits per heavy atom. The molecule has 0 spiro atoms. The van der Waals surface area contributed by atoms with Gasteiger partial charge in [0.25, 0.3) is 0 Å². The van der Waals surface area contributed by atoms with Gasteiger partial charge in [-0.1, -0.05) is 86.3 Å². The molecule has 4 heteroatoms. The molecule has 0 bridgehead atoms. The van der Waals surface area contributed by atoms with E-state index in [1.54, 1.807) is 0 Å². The van der Waals surface area contributed by atoms with E-state index in [0.717, 1.165) is 26.2 Å². The Kier molecular flexibility index (Phi) is 5.78. The molecule has 0 radical (unpaired) electrons. The zero-order valence-corrected chi connectivity index (χ0v) is 16.0. The molecule has 0 aromatic heterocycles. The number of rotatable bonds is 6. The summed E-state index contributed by atoms with van der Waals surface area (Å²) in [6.07, 6.45) is 8.37. The van der Waals surface area contributed by atoms with Gasteiger partial charge in [0, 0.05) is 19.0 Å². The summed E-state index contributed by atoms with van der Waals surface area (Å²) in [5.74, 6) is 0.950. The summed E-state index contributed by atoms with van der Waals surface area (Å²) in [6.45, 7) is 7.20. The fourth-order valence-electron chi connectivity index (χ4n) is 3.53. The highest BCUT2D eigenvalue weighted by Crippen LogP contribution is 2.32. The third-order valence-corrected chi connectivity index (χ3v) is 5.97. The number of fused-ring (bicyclic) bond motifs is 1. The Hall–Kier alpha value is -1.12. The molecule has 1 aromatic rings. The Morgan fingerprint density at radius 1 is 1.00 bits per heavy atom. The second kappa shape index (κ2) is 7.84. The van der Waals surface area contributed by atoms with E-state index >= 15 is 0 Å². The molecule has 1 aromatic carbocycles. The lowest BCUT2D eigenvalue weighted by atomic mass is 9.87. The molecule has 2 unspecified atom stereocenters. The van der Waals surface area contributed by atoms with Crippen molar-refractivity contribution < 1.29 is 0 Å². The van der Waals surface area contributed by atoms with Gasteiger partial charge in [-0.25, -0.2) is 0 Å². The van der Waals surface area contributed by atoms with E-state index in [4.69, 9.17) is 23.2 Å². The van der Waals surface area contributed by atoms with Gasteiger partial charge in [0.05, 0.1) is 6.67 Å². The Labute approximate surface area is 155 Å². The van der Waals surface area contributed by atoms with Crippen LogP contribution in [0.4, 0.5) is 0 Å². The van der Waals surface area contributed by atoms with Crippen molar-refractivity contribution in [3.05, 3.63) is 45.0 Å². The first-order chi connectivity index (χ1) is 11.6. The number of nitrogens with zero attached hydrogens (tertiary/aromatic N) is 2. The van der Waals surface area contributed by atoms with Crippen LogP contribution in [-0.4, -0.2) is 29.6 Å². The van der Waals surface area contributed by atoms with Crippen molar-refractivity contribution in [2.24, 2.45) is 11.8 Å². The van der Waals surface area contributed by atoms with Gasteiger partial charge >= 0.3 is 0 Å². The lowest BCUT2D eigenvalue weighted by Crippen LogP contribution is -2.37. The van der Waals surface area contributed by atoms with Gasteiger partial charge in [-0.3, -0.25) is 0 Å². The second-order valence-electron chi connectivity index (χ2n) is 6.90. The standard InChI is InChI=1S/C20H26Cl2N2/c1-3-4-7-10-23-14-24(20(22)19(23)21)13-18-12-17-9-6-5-8-16(17)11-15(18)2/h5-6,8-9,11-12,15,18H,3-4,7,10,13-14H2,1-2H3. The van der Waals surface area contributed by atoms with Gasteiger partial charge in [0.2, 0.25) is 0 Å². The largest absolute Gasteiger partial charge is 0.342 e. The maximum absolute atomic E-state index is 6.51. The van der Waals surface area contributed by atoms with Crippen LogP contribution in [0.25, 0.3) is 12.2 Å². The fraction of sp³-hybridized carbons (Fsp3) is 0.500. The summed E-state index contributed by atoms with van der Waals surface area (Å²) in [5, 5.41) is 4.07. The first-order valence-corrected chi connectivity index (χ1v) is 9.69. The average Bonchev–Trinajstić information content (AvgIpc) is 2.84. The number of hydrogen-bond acceptors (Lipinski definition) is 2. The molecule has 130 valence electrons. The number of benzene rings is 1. The molecule has 0 fully saturated rings. The van der Waals surface area contributed by atoms with Gasteiger partial charge < -0.3 is 9.80 Å². The molecule has 1 heterocycles. The molecule has 0 amide bonds. The summed E-state index contributed by atoms with van der Waals surface area (Å²) in [7, 11) is 0. The topological polar surface area (TPSA) is 6.48 Å². The van der Waals surface area contributed by atoms with E-state index in [1.807, 2.05) is 0 Å². The van der Waals surface area contributed by atoms with Crippen LogP contribution in [0.3, 0.4) is 0 Å². The minimum atomic E-state index is 0.453. The maximum atomic E-state index is 6.51. The summed E-state index contributed by atoms with van der Waals surface area (Å²) >= 11 is 13.0. The Balaban J connectivity index is 1.70. The first-order valence-electron chi connectivity index (χ1n) is 8.94. The van der Waals surface area contributed by atoms with E-state index in [1.165, 1.54) is 23.3 Å². The van der Waals surface area contributed by atoms with Crippen LogP contribution in [-0.2, 0) is 0 Å². The minimum Gasteiger partial charge on any atom is -0.342 e. The monoisotopic (exact) mass is 364 g/mol. The average molecular weight is 365 g/mol. The van der Waals surface area contributed by atoms with Crippen LogP contribution in [0, 0.1) is 11.8 Å². The lowest BCUT2D eigenvalue weighted by molar-refractivity contribution is 0.234. The third kappa shape index (κ3) is 3.75. The van der Waals surface area contributed by atoms with Crippen LogP contribution < -0.4 is 10.4 Å². The molecule has 2 nitrogen and oxygen atoms in total. The number of unbranched alkanes of at least 4 members (excludes halogenated alkanes) is 2. The van der Waals surface area contributed by atoms with E-state index < -0.39 is 0 Å². The smallest absolute Gasteiger partial charge is 0.142 e. The summed E-state index contributed by atoms with van der Waals surface area (Å²) in [6, 6.07) is 8.58. The van der Waals surface area contributed by atoms with E-state index in [0.29, 0.717) is 22.1 Å². The molecular formula is C20H26Cl2N2. The van der Waals surface area contributed by atoms with Crippen LogP contribution >= 0.6 is 23.2 Å². The molecule has 1 aliphatic heterocycles. The predicted octanol–water partition coefficient (Wildman–Crippen LogP) is 3.88. The van der Waals surface area contributed by atoms with Crippen molar-refractivity contribution in [3.63, 3.8) is 0 Å². The SMILES string of the molecule is CCCCCN1CN(CC2C=c3ccccc3=CC2C)C(Cl)=C1Cl. The molecule has 0 saturated heterocycles. The van der Waals surface area contributed by atoms with Gasteiger partial charge in [-0.05, 0) is 22.8 Å². The fourth-order valence-corrected chi connectivity index (χ4v) is 4.03. The van der Waals surface area contributed by atoms with Crippen LogP contribution in [0.5, 0.6) is 0 Å². The van der Waals surface area contributed by atoms with Crippen molar-refractivity contribution in [1.82, 2.24) is 9.80 Å². The summed E-state index contributed by atoms with van der Waals surface area (Å²) in [5.41, 5.74) is 0. The van der Waals surface area contributed by atoms with Gasteiger partial charge in [0.15, 0.2) is 0 Å². The van der Waals surface area contributed by atoms with E-state index in [2.05, 4.69) is 60.1 Å². The molecule has 24 heavy (non-hydrogen) atoms. The minimum absolute atomic E-state index is 0.453. The molecular weight excluding hydrogens is 339 g/mol. The zero-order chi connectivity index (χ0) is 17.1. The molecule has 0 saturated carbocycles. The molecule has 0 N–H and O–H groups in total. The molecule has 1 aliphatic carbocycles. The zero-order valence-electron chi connectivity index (χ0n) is 14.5. The van der Waals surface area contributed by atoms with Gasteiger partial charge in [-0.15, -0.1) is 0 Å². The summed E-state index contributed by atoms with van der Waals surface area (Å²) < 4.78 is 0. The van der Waals surface area contributed by atoms with Crippen molar-refractivity contribution in [3.8, 4) is 0 Å². The summed E-state index contributed by atoms with van der Waals surface area (Å²) in [4.78, 5) is 4.42. The third-order valence-electron chi connectivity index (χ3n) is 5.04. The second-order valence-corrected chi connectivity index (χ2v) is 7.62. The van der Waals surface area contributed by atoms with E-state index in [-0.39, 0.29) is 0 Å².